The lowest BCUT2D eigenvalue weighted by Crippen LogP contribution is -3.12. The molecule has 0 saturated carbocycles. The van der Waals surface area contributed by atoms with E-state index in [0.29, 0.717) is 0 Å². The lowest BCUT2D eigenvalue weighted by molar-refractivity contribution is -0.928. The van der Waals surface area contributed by atoms with E-state index in [1.807, 2.05) is 15.6 Å². The normalized spacial score (nSPS) is 16.3. The van der Waals surface area contributed by atoms with Crippen LogP contribution in [0.2, 0.25) is 0 Å². The van der Waals surface area contributed by atoms with Gasteiger partial charge >= 0.3 is 0 Å². The predicted molar refractivity (Wildman–Crippen MR) is 86.4 cm³/mol. The van der Waals surface area contributed by atoms with E-state index in [-0.39, 0.29) is 0 Å². The van der Waals surface area contributed by atoms with Crippen molar-refractivity contribution in [2.75, 3.05) is 13.1 Å². The van der Waals surface area contributed by atoms with Crippen LogP contribution in [0.15, 0.2) is 24.5 Å². The van der Waals surface area contributed by atoms with Gasteiger partial charge in [0.2, 0.25) is 4.77 Å². The van der Waals surface area contributed by atoms with E-state index in [9.17, 15) is 0 Å². The number of hydrogen-bond acceptors (Lipinski definition) is 2. The highest BCUT2D eigenvalue weighted by atomic mass is 32.1. The van der Waals surface area contributed by atoms with E-state index < -0.39 is 0 Å². The molecule has 3 rings (SSSR count). The molecule has 0 unspecified atom stereocenters. The summed E-state index contributed by atoms with van der Waals surface area (Å²) in [7, 11) is 0. The van der Waals surface area contributed by atoms with Crippen molar-refractivity contribution in [3.8, 4) is 5.69 Å². The van der Waals surface area contributed by atoms with Crippen molar-refractivity contribution in [3.05, 3.63) is 40.4 Å². The first kappa shape index (κ1) is 14.5. The van der Waals surface area contributed by atoms with Gasteiger partial charge in [0, 0.05) is 0 Å². The highest BCUT2D eigenvalue weighted by Crippen LogP contribution is 2.15. The maximum absolute atomic E-state index is 5.62. The number of benzene rings is 1. The summed E-state index contributed by atoms with van der Waals surface area (Å²) >= 11 is 5.62. The molecule has 112 valence electrons. The summed E-state index contributed by atoms with van der Waals surface area (Å²) in [5, 5.41) is 4.50. The minimum absolute atomic E-state index is 0.792. The fraction of sp³-hybridized carbons (Fsp3) is 0.500. The molecule has 4 nitrogen and oxygen atoms in total. The van der Waals surface area contributed by atoms with Crippen LogP contribution < -0.4 is 4.90 Å². The van der Waals surface area contributed by atoms with Gasteiger partial charge in [-0.2, -0.15) is 9.78 Å². The van der Waals surface area contributed by atoms with Crippen LogP contribution >= 0.6 is 12.2 Å². The van der Waals surface area contributed by atoms with Crippen LogP contribution in [0, 0.1) is 18.6 Å². The second-order valence-corrected chi connectivity index (χ2v) is 6.41. The topological polar surface area (TPSA) is 27.2 Å². The van der Waals surface area contributed by atoms with E-state index >= 15 is 0 Å². The molecular weight excluding hydrogens is 280 g/mol. The zero-order valence-corrected chi connectivity index (χ0v) is 13.6. The molecule has 0 atom stereocenters. The van der Waals surface area contributed by atoms with Crippen molar-refractivity contribution < 1.29 is 4.90 Å². The fourth-order valence-corrected chi connectivity index (χ4v) is 3.37. The fourth-order valence-electron chi connectivity index (χ4n) is 3.11. The van der Waals surface area contributed by atoms with Gasteiger partial charge in [-0.1, -0.05) is 17.7 Å². The number of nitrogens with zero attached hydrogens (tertiary/aromatic N) is 3. The van der Waals surface area contributed by atoms with Crippen molar-refractivity contribution in [2.24, 2.45) is 0 Å². The van der Waals surface area contributed by atoms with Gasteiger partial charge in [-0.3, -0.25) is 4.57 Å². The maximum atomic E-state index is 5.62. The van der Waals surface area contributed by atoms with E-state index in [1.165, 1.54) is 43.5 Å². The van der Waals surface area contributed by atoms with Gasteiger partial charge in [0.1, 0.15) is 6.33 Å². The van der Waals surface area contributed by atoms with E-state index in [1.54, 1.807) is 4.90 Å². The van der Waals surface area contributed by atoms with Gasteiger partial charge in [0.15, 0.2) is 6.67 Å². The number of aromatic nitrogens is 3. The number of piperidine rings is 1. The van der Waals surface area contributed by atoms with Gasteiger partial charge in [-0.25, -0.2) is 0 Å². The number of aryl methyl sites for hydroxylation is 2. The Kier molecular flexibility index (Phi) is 4.22. The number of nitrogens with one attached hydrogen (secondary N) is 1. The summed E-state index contributed by atoms with van der Waals surface area (Å²) in [5.41, 5.74) is 3.63. The highest BCUT2D eigenvalue weighted by Gasteiger charge is 2.15. The van der Waals surface area contributed by atoms with Gasteiger partial charge in [-0.15, -0.1) is 0 Å². The van der Waals surface area contributed by atoms with E-state index in [0.717, 1.165) is 17.1 Å². The Morgan fingerprint density at radius 2 is 1.95 bits per heavy atom. The summed E-state index contributed by atoms with van der Waals surface area (Å²) in [6.07, 6.45) is 5.86. The van der Waals surface area contributed by atoms with Crippen LogP contribution in [0.5, 0.6) is 0 Å². The number of hydrogen-bond donors (Lipinski definition) is 1. The van der Waals surface area contributed by atoms with Gasteiger partial charge < -0.3 is 4.90 Å². The molecule has 21 heavy (non-hydrogen) atoms. The number of rotatable bonds is 3. The molecule has 2 aromatic rings. The second kappa shape index (κ2) is 6.12. The molecule has 1 aliphatic heterocycles. The SMILES string of the molecule is Cc1ccc(-n2cnn(C[NH+]3CCCCC3)c2=S)c(C)c1. The Balaban J connectivity index is 1.86. The lowest BCUT2D eigenvalue weighted by Gasteiger charge is -2.22. The third-order valence-corrected chi connectivity index (χ3v) is 4.69. The first-order chi connectivity index (χ1) is 10.1. The Morgan fingerprint density at radius 3 is 2.67 bits per heavy atom. The maximum Gasteiger partial charge on any atom is 0.207 e. The summed E-state index contributed by atoms with van der Waals surface area (Å²) in [5.74, 6) is 0. The molecule has 1 aromatic heterocycles. The molecule has 0 aliphatic carbocycles. The largest absolute Gasteiger partial charge is 0.316 e. The molecule has 2 heterocycles. The van der Waals surface area contributed by atoms with Crippen molar-refractivity contribution in [2.45, 2.75) is 39.8 Å². The lowest BCUT2D eigenvalue weighted by atomic mass is 10.1. The molecule has 1 aromatic carbocycles. The average Bonchev–Trinajstić information content (AvgIpc) is 2.82. The van der Waals surface area contributed by atoms with Gasteiger partial charge in [0.25, 0.3) is 0 Å². The summed E-state index contributed by atoms with van der Waals surface area (Å²) < 4.78 is 4.78. The smallest absolute Gasteiger partial charge is 0.207 e. The first-order valence-corrected chi connectivity index (χ1v) is 8.11. The Bertz CT molecular complexity index is 680. The quantitative estimate of drug-likeness (QED) is 0.879. The number of quaternary nitrogens is 1. The first-order valence-electron chi connectivity index (χ1n) is 7.71. The molecule has 0 amide bonds. The molecule has 1 saturated heterocycles. The number of likely N-dealkylation sites (tertiary alicyclic amines) is 1. The summed E-state index contributed by atoms with van der Waals surface area (Å²) in [6.45, 7) is 7.59. The Labute approximate surface area is 131 Å². The Morgan fingerprint density at radius 1 is 1.19 bits per heavy atom. The van der Waals surface area contributed by atoms with Gasteiger partial charge in [0.05, 0.1) is 18.8 Å². The van der Waals surface area contributed by atoms with Crippen LogP contribution in [0.4, 0.5) is 0 Å². The van der Waals surface area contributed by atoms with Crippen LogP contribution in [-0.4, -0.2) is 27.4 Å². The van der Waals surface area contributed by atoms with E-state index in [4.69, 9.17) is 12.2 Å². The third-order valence-electron chi connectivity index (χ3n) is 4.28. The molecular formula is C16H23N4S+. The zero-order chi connectivity index (χ0) is 14.8. The van der Waals surface area contributed by atoms with Crippen molar-refractivity contribution >= 4 is 12.2 Å². The van der Waals surface area contributed by atoms with Crippen LogP contribution in [0.3, 0.4) is 0 Å². The predicted octanol–water partition coefficient (Wildman–Crippen LogP) is 2.05. The summed E-state index contributed by atoms with van der Waals surface area (Å²) in [6, 6.07) is 6.43. The second-order valence-electron chi connectivity index (χ2n) is 6.04. The van der Waals surface area contributed by atoms with Crippen LogP contribution in [0.1, 0.15) is 30.4 Å². The monoisotopic (exact) mass is 303 g/mol. The average molecular weight is 303 g/mol. The summed E-state index contributed by atoms with van der Waals surface area (Å²) in [4.78, 5) is 1.59. The minimum Gasteiger partial charge on any atom is -0.316 e. The van der Waals surface area contributed by atoms with Crippen LogP contribution in [0.25, 0.3) is 5.69 Å². The van der Waals surface area contributed by atoms with Crippen LogP contribution in [-0.2, 0) is 6.67 Å². The molecule has 1 fully saturated rings. The molecule has 1 aliphatic rings. The molecule has 0 spiro atoms. The van der Waals surface area contributed by atoms with Crippen molar-refractivity contribution in [3.63, 3.8) is 0 Å². The third kappa shape index (κ3) is 3.09. The molecule has 0 radical (unpaired) electrons. The molecule has 0 bridgehead atoms. The minimum atomic E-state index is 0.792. The van der Waals surface area contributed by atoms with Gasteiger partial charge in [-0.05, 0) is 57.0 Å². The molecule has 1 N–H and O–H groups in total. The zero-order valence-electron chi connectivity index (χ0n) is 12.8. The van der Waals surface area contributed by atoms with Crippen molar-refractivity contribution in [1.29, 1.82) is 0 Å². The molecule has 5 heteroatoms. The van der Waals surface area contributed by atoms with E-state index in [2.05, 4.69) is 37.1 Å². The van der Waals surface area contributed by atoms with Crippen molar-refractivity contribution in [1.82, 2.24) is 14.3 Å². The Hall–Kier alpha value is -1.46. The highest BCUT2D eigenvalue weighted by molar-refractivity contribution is 7.71. The standard InChI is InChI=1S/C16H22N4S/c1-13-6-7-15(14(2)10-13)19-11-17-20(16(19)21)12-18-8-4-3-5-9-18/h6-7,10-11H,3-5,8-9,12H2,1-2H3/p+1.